The Hall–Kier alpha value is -1.84. The molecule has 4 heteroatoms. The molecule has 102 valence electrons. The van der Waals surface area contributed by atoms with Crippen LogP contribution in [0.3, 0.4) is 0 Å². The van der Waals surface area contributed by atoms with Gasteiger partial charge >= 0.3 is 11.9 Å². The van der Waals surface area contributed by atoms with Gasteiger partial charge in [0.15, 0.2) is 0 Å². The maximum absolute atomic E-state index is 12.0. The molecule has 0 N–H and O–H groups in total. The highest BCUT2D eigenvalue weighted by atomic mass is 16.6. The lowest BCUT2D eigenvalue weighted by Gasteiger charge is -2.19. The van der Waals surface area contributed by atoms with E-state index in [1.807, 2.05) is 39.0 Å². The molecule has 1 aromatic rings. The molecular weight excluding hydrogens is 244 g/mol. The van der Waals surface area contributed by atoms with Crippen LogP contribution in [0.25, 0.3) is 0 Å². The Labute approximate surface area is 112 Å². The zero-order chi connectivity index (χ0) is 14.2. The van der Waals surface area contributed by atoms with Crippen LogP contribution in [0.1, 0.15) is 30.9 Å². The van der Waals surface area contributed by atoms with Crippen molar-refractivity contribution in [2.45, 2.75) is 26.7 Å². The summed E-state index contributed by atoms with van der Waals surface area (Å²) in [5.41, 5.74) is 1.75. The van der Waals surface area contributed by atoms with Crippen molar-refractivity contribution in [2.75, 3.05) is 7.11 Å². The molecule has 0 aliphatic carbocycles. The van der Waals surface area contributed by atoms with Crippen molar-refractivity contribution >= 4 is 11.9 Å². The maximum atomic E-state index is 12.0. The van der Waals surface area contributed by atoms with Gasteiger partial charge in [0.25, 0.3) is 0 Å². The van der Waals surface area contributed by atoms with Crippen molar-refractivity contribution in [3.8, 4) is 5.75 Å². The zero-order valence-corrected chi connectivity index (χ0v) is 11.6. The normalized spacial score (nSPS) is 22.8. The molecule has 4 nitrogen and oxygen atoms in total. The third-order valence-corrected chi connectivity index (χ3v) is 3.52. The van der Waals surface area contributed by atoms with Gasteiger partial charge in [-0.3, -0.25) is 9.59 Å². The standard InChI is InChI=1S/C15H18O4/c1-8(2)12-13(15(17)19-14(12)16)10-7-9(3)5-6-11(10)18-4/h5-8,12-13H,1-4H3. The molecule has 0 aromatic heterocycles. The van der Waals surface area contributed by atoms with E-state index < -0.39 is 23.8 Å². The summed E-state index contributed by atoms with van der Waals surface area (Å²) in [6, 6.07) is 5.62. The van der Waals surface area contributed by atoms with Crippen LogP contribution in [-0.4, -0.2) is 19.0 Å². The van der Waals surface area contributed by atoms with Gasteiger partial charge in [-0.05, 0) is 18.9 Å². The Morgan fingerprint density at radius 3 is 2.47 bits per heavy atom. The molecule has 1 aromatic carbocycles. The number of methoxy groups -OCH3 is 1. The molecule has 1 fully saturated rings. The van der Waals surface area contributed by atoms with Crippen LogP contribution >= 0.6 is 0 Å². The van der Waals surface area contributed by atoms with E-state index in [9.17, 15) is 9.59 Å². The maximum Gasteiger partial charge on any atom is 0.322 e. The van der Waals surface area contributed by atoms with Gasteiger partial charge in [-0.25, -0.2) is 0 Å². The molecule has 1 saturated heterocycles. The van der Waals surface area contributed by atoms with Crippen molar-refractivity contribution in [1.82, 2.24) is 0 Å². The van der Waals surface area contributed by atoms with Gasteiger partial charge in [-0.15, -0.1) is 0 Å². The fraction of sp³-hybridized carbons (Fsp3) is 0.467. The highest BCUT2D eigenvalue weighted by Crippen LogP contribution is 2.41. The van der Waals surface area contributed by atoms with E-state index in [2.05, 4.69) is 0 Å². The fourth-order valence-corrected chi connectivity index (χ4v) is 2.59. The summed E-state index contributed by atoms with van der Waals surface area (Å²) in [4.78, 5) is 23.8. The van der Waals surface area contributed by atoms with E-state index >= 15 is 0 Å². The second-order valence-corrected chi connectivity index (χ2v) is 5.23. The number of aryl methyl sites for hydroxylation is 1. The first kappa shape index (κ1) is 13.6. The smallest absolute Gasteiger partial charge is 0.322 e. The molecule has 0 spiro atoms. The van der Waals surface area contributed by atoms with Gasteiger partial charge in [0.1, 0.15) is 5.75 Å². The quantitative estimate of drug-likeness (QED) is 0.620. The summed E-state index contributed by atoms with van der Waals surface area (Å²) in [6.07, 6.45) is 0. The first-order valence-corrected chi connectivity index (χ1v) is 6.35. The molecule has 2 unspecified atom stereocenters. The van der Waals surface area contributed by atoms with Crippen LogP contribution in [0.2, 0.25) is 0 Å². The number of cyclic esters (lactones) is 2. The lowest BCUT2D eigenvalue weighted by molar-refractivity contribution is -0.153. The molecule has 0 saturated carbocycles. The van der Waals surface area contributed by atoms with Crippen LogP contribution in [0, 0.1) is 18.8 Å². The monoisotopic (exact) mass is 262 g/mol. The van der Waals surface area contributed by atoms with Gasteiger partial charge in [0.2, 0.25) is 0 Å². The third-order valence-electron chi connectivity index (χ3n) is 3.52. The Kier molecular flexibility index (Phi) is 3.60. The predicted molar refractivity (Wildman–Crippen MR) is 69.9 cm³/mol. The molecule has 2 rings (SSSR count). The Morgan fingerprint density at radius 1 is 1.21 bits per heavy atom. The molecule has 1 aliphatic heterocycles. The first-order chi connectivity index (χ1) is 8.95. The highest BCUT2D eigenvalue weighted by Gasteiger charge is 2.47. The van der Waals surface area contributed by atoms with Crippen molar-refractivity contribution in [1.29, 1.82) is 0 Å². The van der Waals surface area contributed by atoms with Crippen LogP contribution in [0.5, 0.6) is 5.75 Å². The topological polar surface area (TPSA) is 52.6 Å². The second kappa shape index (κ2) is 5.03. The van der Waals surface area contributed by atoms with Crippen LogP contribution < -0.4 is 4.74 Å². The number of ether oxygens (including phenoxy) is 2. The lowest BCUT2D eigenvalue weighted by Crippen LogP contribution is -2.22. The average Bonchev–Trinajstić information content (AvgIpc) is 2.64. The van der Waals surface area contributed by atoms with E-state index in [-0.39, 0.29) is 5.92 Å². The molecular formula is C15H18O4. The van der Waals surface area contributed by atoms with Crippen molar-refractivity contribution in [3.63, 3.8) is 0 Å². The number of rotatable bonds is 3. The van der Waals surface area contributed by atoms with Gasteiger partial charge in [0, 0.05) is 5.56 Å². The highest BCUT2D eigenvalue weighted by molar-refractivity contribution is 6.00. The molecule has 1 aliphatic rings. The molecule has 0 bridgehead atoms. The van der Waals surface area contributed by atoms with Crippen LogP contribution in [0.4, 0.5) is 0 Å². The predicted octanol–water partition coefficient (Wildman–Crippen LogP) is 2.44. The summed E-state index contributed by atoms with van der Waals surface area (Å²) in [5.74, 6) is -1.27. The lowest BCUT2D eigenvalue weighted by atomic mass is 9.80. The number of hydrogen-bond donors (Lipinski definition) is 0. The zero-order valence-electron chi connectivity index (χ0n) is 11.6. The van der Waals surface area contributed by atoms with Gasteiger partial charge in [0.05, 0.1) is 18.9 Å². The van der Waals surface area contributed by atoms with Crippen molar-refractivity contribution in [3.05, 3.63) is 29.3 Å². The SMILES string of the molecule is COc1ccc(C)cc1C1C(=O)OC(=O)C1C(C)C. The summed E-state index contributed by atoms with van der Waals surface area (Å²) in [7, 11) is 1.56. The summed E-state index contributed by atoms with van der Waals surface area (Å²) in [5, 5.41) is 0. The Bertz CT molecular complexity index is 519. The number of carbonyl (C=O) groups excluding carboxylic acids is 2. The van der Waals surface area contributed by atoms with E-state index in [1.54, 1.807) is 7.11 Å². The second-order valence-electron chi connectivity index (χ2n) is 5.23. The fourth-order valence-electron chi connectivity index (χ4n) is 2.59. The third kappa shape index (κ3) is 2.35. The average molecular weight is 262 g/mol. The van der Waals surface area contributed by atoms with E-state index in [0.29, 0.717) is 5.75 Å². The summed E-state index contributed by atoms with van der Waals surface area (Å²) >= 11 is 0. The number of esters is 2. The number of carbonyl (C=O) groups is 2. The number of benzene rings is 1. The molecule has 0 radical (unpaired) electrons. The summed E-state index contributed by atoms with van der Waals surface area (Å²) < 4.78 is 10.1. The molecule has 19 heavy (non-hydrogen) atoms. The largest absolute Gasteiger partial charge is 0.496 e. The Morgan fingerprint density at radius 2 is 1.89 bits per heavy atom. The molecule has 1 heterocycles. The van der Waals surface area contributed by atoms with Gasteiger partial charge < -0.3 is 9.47 Å². The van der Waals surface area contributed by atoms with Crippen molar-refractivity contribution < 1.29 is 19.1 Å². The summed E-state index contributed by atoms with van der Waals surface area (Å²) in [6.45, 7) is 5.77. The molecule has 2 atom stereocenters. The molecule has 0 amide bonds. The van der Waals surface area contributed by atoms with Gasteiger partial charge in [-0.2, -0.15) is 0 Å². The van der Waals surface area contributed by atoms with E-state index in [1.165, 1.54) is 0 Å². The van der Waals surface area contributed by atoms with E-state index in [4.69, 9.17) is 9.47 Å². The Balaban J connectivity index is 2.52. The first-order valence-electron chi connectivity index (χ1n) is 6.35. The van der Waals surface area contributed by atoms with E-state index in [0.717, 1.165) is 11.1 Å². The van der Waals surface area contributed by atoms with Crippen LogP contribution in [-0.2, 0) is 14.3 Å². The minimum absolute atomic E-state index is 0.0363. The minimum atomic E-state index is -0.567. The number of hydrogen-bond acceptors (Lipinski definition) is 4. The minimum Gasteiger partial charge on any atom is -0.496 e. The van der Waals surface area contributed by atoms with Crippen molar-refractivity contribution in [2.24, 2.45) is 11.8 Å². The van der Waals surface area contributed by atoms with Gasteiger partial charge in [-0.1, -0.05) is 31.5 Å². The van der Waals surface area contributed by atoms with Crippen LogP contribution in [0.15, 0.2) is 18.2 Å².